The Morgan fingerprint density at radius 1 is 1.43 bits per heavy atom. The molecule has 3 nitrogen and oxygen atoms in total. The van der Waals surface area contributed by atoms with Crippen LogP contribution in [0.4, 0.5) is 0 Å². The van der Waals surface area contributed by atoms with Crippen LogP contribution in [0.5, 0.6) is 0 Å². The summed E-state index contributed by atoms with van der Waals surface area (Å²) in [5.74, 6) is 0.929. The van der Waals surface area contributed by atoms with E-state index in [-0.39, 0.29) is 5.41 Å². The highest BCUT2D eigenvalue weighted by Gasteiger charge is 2.63. The Morgan fingerprint density at radius 3 is 2.29 bits per heavy atom. The molecule has 2 N–H and O–H groups in total. The molecule has 1 unspecified atom stereocenters. The maximum Gasteiger partial charge on any atom is 0.137 e. The van der Waals surface area contributed by atoms with Crippen molar-refractivity contribution in [2.24, 2.45) is 11.1 Å². The Balaban J connectivity index is 2.50. The molecular weight excluding hydrogens is 176 g/mol. The fourth-order valence-electron chi connectivity index (χ4n) is 2.75. The first-order chi connectivity index (χ1) is 6.44. The molecule has 3 heteroatoms. The van der Waals surface area contributed by atoms with Crippen molar-refractivity contribution in [2.45, 2.75) is 39.5 Å². The number of hydrogen-bond acceptors (Lipinski definition) is 3. The van der Waals surface area contributed by atoms with Crippen LogP contribution in [0.3, 0.4) is 0 Å². The minimum absolute atomic E-state index is 0.112. The number of aryl methyl sites for hydroxylation is 2. The van der Waals surface area contributed by atoms with E-state index in [1.807, 2.05) is 13.8 Å². The van der Waals surface area contributed by atoms with Crippen LogP contribution in [0.25, 0.3) is 0 Å². The molecule has 0 spiro atoms. The van der Waals surface area contributed by atoms with Crippen molar-refractivity contribution in [3.63, 3.8) is 0 Å². The minimum Gasteiger partial charge on any atom is -0.361 e. The monoisotopic (exact) mass is 194 g/mol. The molecule has 0 aliphatic heterocycles. The number of nitrogens with two attached hydrogens (primary N) is 1. The second-order valence-electron chi connectivity index (χ2n) is 5.05. The van der Waals surface area contributed by atoms with Crippen molar-refractivity contribution < 1.29 is 4.52 Å². The van der Waals surface area contributed by atoms with Gasteiger partial charge in [0, 0.05) is 17.5 Å². The molecule has 1 aliphatic rings. The average molecular weight is 194 g/mol. The third kappa shape index (κ3) is 0.989. The zero-order valence-electron chi connectivity index (χ0n) is 9.35. The fourth-order valence-corrected chi connectivity index (χ4v) is 2.75. The lowest BCUT2D eigenvalue weighted by Gasteiger charge is -2.18. The quantitative estimate of drug-likeness (QED) is 0.782. The first-order valence-corrected chi connectivity index (χ1v) is 5.08. The van der Waals surface area contributed by atoms with Gasteiger partial charge in [-0.05, 0) is 25.7 Å². The van der Waals surface area contributed by atoms with Crippen molar-refractivity contribution in [3.8, 4) is 0 Å². The molecule has 0 saturated heterocycles. The van der Waals surface area contributed by atoms with Crippen LogP contribution in [0.15, 0.2) is 4.52 Å². The molecule has 14 heavy (non-hydrogen) atoms. The average Bonchev–Trinajstić information content (AvgIpc) is 2.49. The Labute approximate surface area is 84.7 Å². The van der Waals surface area contributed by atoms with Gasteiger partial charge in [-0.1, -0.05) is 19.0 Å². The Bertz CT molecular complexity index is 348. The molecule has 0 aromatic carbocycles. The lowest BCUT2D eigenvalue weighted by molar-refractivity contribution is 0.389. The maximum atomic E-state index is 5.90. The molecule has 1 aliphatic carbocycles. The molecule has 1 heterocycles. The summed E-state index contributed by atoms with van der Waals surface area (Å²) in [5.41, 5.74) is 8.55. The molecule has 1 aromatic heterocycles. The van der Waals surface area contributed by atoms with Crippen molar-refractivity contribution in [2.75, 3.05) is 6.54 Å². The van der Waals surface area contributed by atoms with E-state index in [2.05, 4.69) is 19.0 Å². The van der Waals surface area contributed by atoms with Crippen molar-refractivity contribution in [1.82, 2.24) is 5.16 Å². The predicted molar refractivity (Wildman–Crippen MR) is 55.1 cm³/mol. The summed E-state index contributed by atoms with van der Waals surface area (Å²) >= 11 is 0. The number of aromatic nitrogens is 1. The molecule has 78 valence electrons. The van der Waals surface area contributed by atoms with Crippen LogP contribution in [0.1, 0.15) is 37.3 Å². The van der Waals surface area contributed by atoms with Crippen LogP contribution in [0, 0.1) is 19.3 Å². The molecule has 0 amide bonds. The van der Waals surface area contributed by atoms with Gasteiger partial charge in [-0.15, -0.1) is 0 Å². The van der Waals surface area contributed by atoms with Gasteiger partial charge in [-0.3, -0.25) is 0 Å². The summed E-state index contributed by atoms with van der Waals surface area (Å²) in [6.45, 7) is 9.17. The van der Waals surface area contributed by atoms with Gasteiger partial charge < -0.3 is 10.3 Å². The van der Waals surface area contributed by atoms with Gasteiger partial charge in [0.05, 0.1) is 5.69 Å². The smallest absolute Gasteiger partial charge is 0.137 e. The van der Waals surface area contributed by atoms with E-state index in [9.17, 15) is 0 Å². The molecule has 0 radical (unpaired) electrons. The topological polar surface area (TPSA) is 52.0 Å². The minimum atomic E-state index is 0.112. The van der Waals surface area contributed by atoms with Crippen LogP contribution in [-0.2, 0) is 5.41 Å². The maximum absolute atomic E-state index is 5.90. The SMILES string of the molecule is Cc1noc(C)c1C1(CN)CC1(C)C. The third-order valence-electron chi connectivity index (χ3n) is 3.77. The van der Waals surface area contributed by atoms with Gasteiger partial charge in [0.25, 0.3) is 0 Å². The normalized spacial score (nSPS) is 29.2. The van der Waals surface area contributed by atoms with Crippen molar-refractivity contribution >= 4 is 0 Å². The second kappa shape index (κ2) is 2.60. The lowest BCUT2D eigenvalue weighted by Crippen LogP contribution is -2.26. The van der Waals surface area contributed by atoms with E-state index >= 15 is 0 Å². The molecule has 1 aromatic rings. The number of rotatable bonds is 2. The zero-order chi connectivity index (χ0) is 10.6. The standard InChI is InChI=1S/C11H18N2O/c1-7-9(8(2)14-13-7)11(6-12)5-10(11,3)4/h5-6,12H2,1-4H3. The van der Waals surface area contributed by atoms with Gasteiger partial charge in [0.15, 0.2) is 0 Å². The Kier molecular flexibility index (Phi) is 1.80. The first-order valence-electron chi connectivity index (χ1n) is 5.08. The van der Waals surface area contributed by atoms with Gasteiger partial charge in [-0.2, -0.15) is 0 Å². The summed E-state index contributed by atoms with van der Waals surface area (Å²) in [5, 5.41) is 4.01. The van der Waals surface area contributed by atoms with Crippen LogP contribution in [-0.4, -0.2) is 11.7 Å². The van der Waals surface area contributed by atoms with E-state index in [0.717, 1.165) is 17.9 Å². The van der Waals surface area contributed by atoms with E-state index < -0.39 is 0 Å². The van der Waals surface area contributed by atoms with Crippen LogP contribution >= 0.6 is 0 Å². The highest BCUT2D eigenvalue weighted by atomic mass is 16.5. The highest BCUT2D eigenvalue weighted by molar-refractivity contribution is 5.41. The highest BCUT2D eigenvalue weighted by Crippen LogP contribution is 2.64. The fraction of sp³-hybridized carbons (Fsp3) is 0.727. The number of nitrogens with zero attached hydrogens (tertiary/aromatic N) is 1. The molecule has 0 bridgehead atoms. The summed E-state index contributed by atoms with van der Waals surface area (Å²) < 4.78 is 5.21. The van der Waals surface area contributed by atoms with E-state index in [0.29, 0.717) is 12.0 Å². The largest absolute Gasteiger partial charge is 0.361 e. The molecule has 1 saturated carbocycles. The number of hydrogen-bond donors (Lipinski definition) is 1. The molecule has 1 fully saturated rings. The van der Waals surface area contributed by atoms with Crippen molar-refractivity contribution in [1.29, 1.82) is 0 Å². The zero-order valence-corrected chi connectivity index (χ0v) is 9.35. The Hall–Kier alpha value is -0.830. The van der Waals surface area contributed by atoms with Crippen LogP contribution < -0.4 is 5.73 Å². The van der Waals surface area contributed by atoms with Gasteiger partial charge in [0.2, 0.25) is 0 Å². The summed E-state index contributed by atoms with van der Waals surface area (Å²) in [7, 11) is 0. The summed E-state index contributed by atoms with van der Waals surface area (Å²) in [4.78, 5) is 0. The second-order valence-corrected chi connectivity index (χ2v) is 5.05. The molecule has 1 atom stereocenters. The van der Waals surface area contributed by atoms with Gasteiger partial charge >= 0.3 is 0 Å². The van der Waals surface area contributed by atoms with E-state index in [4.69, 9.17) is 10.3 Å². The van der Waals surface area contributed by atoms with Gasteiger partial charge in [-0.25, -0.2) is 0 Å². The third-order valence-corrected chi connectivity index (χ3v) is 3.77. The molecule has 2 rings (SSSR count). The Morgan fingerprint density at radius 2 is 2.00 bits per heavy atom. The van der Waals surface area contributed by atoms with Crippen molar-refractivity contribution in [3.05, 3.63) is 17.0 Å². The summed E-state index contributed by atoms with van der Waals surface area (Å²) in [6.07, 6.45) is 1.14. The van der Waals surface area contributed by atoms with E-state index in [1.54, 1.807) is 0 Å². The first kappa shape index (κ1) is 9.71. The summed E-state index contributed by atoms with van der Waals surface area (Å²) in [6, 6.07) is 0. The predicted octanol–water partition coefficient (Wildman–Crippen LogP) is 1.92. The van der Waals surface area contributed by atoms with Crippen LogP contribution in [0.2, 0.25) is 0 Å². The van der Waals surface area contributed by atoms with Gasteiger partial charge in [0.1, 0.15) is 5.76 Å². The van der Waals surface area contributed by atoms with E-state index in [1.165, 1.54) is 5.56 Å². The molecular formula is C11H18N2O. The lowest BCUT2D eigenvalue weighted by atomic mass is 9.87.